The summed E-state index contributed by atoms with van der Waals surface area (Å²) in [5.74, 6) is -0.372. The summed E-state index contributed by atoms with van der Waals surface area (Å²) >= 11 is 0. The molecule has 2 aromatic carbocycles. The molecule has 0 aliphatic heterocycles. The van der Waals surface area contributed by atoms with Crippen molar-refractivity contribution < 1.29 is 9.59 Å². The second kappa shape index (κ2) is 9.34. The number of urea groups is 1. The number of benzene rings is 2. The summed E-state index contributed by atoms with van der Waals surface area (Å²) in [4.78, 5) is 37.3. The molecule has 0 unspecified atom stereocenters. The predicted octanol–water partition coefficient (Wildman–Crippen LogP) is 2.94. The van der Waals surface area contributed by atoms with Crippen LogP contribution in [0.2, 0.25) is 0 Å². The summed E-state index contributed by atoms with van der Waals surface area (Å²) in [6.07, 6.45) is 0. The number of nitrogens with zero attached hydrogens (tertiary/aromatic N) is 2. The third-order valence-corrected chi connectivity index (χ3v) is 4.88. The molecule has 3 N–H and O–H groups in total. The minimum Gasteiger partial charge on any atom is -0.336 e. The molecule has 1 heterocycles. The molecule has 3 amide bonds. The van der Waals surface area contributed by atoms with Gasteiger partial charge in [0.25, 0.3) is 11.5 Å². The van der Waals surface area contributed by atoms with Crippen LogP contribution in [0.4, 0.5) is 10.5 Å². The highest BCUT2D eigenvalue weighted by atomic mass is 16.2. The van der Waals surface area contributed by atoms with E-state index in [1.807, 2.05) is 44.2 Å². The Hall–Kier alpha value is -3.81. The Morgan fingerprint density at radius 1 is 1.00 bits per heavy atom. The lowest BCUT2D eigenvalue weighted by atomic mass is 10.1. The largest absolute Gasteiger partial charge is 0.336 e. The molecule has 31 heavy (non-hydrogen) atoms. The van der Waals surface area contributed by atoms with Crippen molar-refractivity contribution in [1.29, 1.82) is 0 Å². The molecular formula is C23H27N5O3. The van der Waals surface area contributed by atoms with Crippen LogP contribution in [0, 0.1) is 6.92 Å². The van der Waals surface area contributed by atoms with Crippen LogP contribution in [-0.2, 0) is 13.6 Å². The zero-order valence-corrected chi connectivity index (χ0v) is 18.1. The Kier molecular flexibility index (Phi) is 6.59. The lowest BCUT2D eigenvalue weighted by Gasteiger charge is -2.10. The highest BCUT2D eigenvalue weighted by Gasteiger charge is 2.18. The predicted molar refractivity (Wildman–Crippen MR) is 121 cm³/mol. The summed E-state index contributed by atoms with van der Waals surface area (Å²) in [6, 6.07) is 15.9. The summed E-state index contributed by atoms with van der Waals surface area (Å²) in [5, 5.41) is 8.26. The van der Waals surface area contributed by atoms with Crippen LogP contribution in [0.5, 0.6) is 0 Å². The van der Waals surface area contributed by atoms with Gasteiger partial charge in [-0.15, -0.1) is 0 Å². The first-order chi connectivity index (χ1) is 14.8. The summed E-state index contributed by atoms with van der Waals surface area (Å²) in [5.41, 5.74) is 2.60. The first-order valence-electron chi connectivity index (χ1n) is 10.1. The van der Waals surface area contributed by atoms with Gasteiger partial charge in [-0.05, 0) is 50.6 Å². The van der Waals surface area contributed by atoms with Crippen LogP contribution in [0.15, 0.2) is 59.4 Å². The number of amides is 3. The average Bonchev–Trinajstić information content (AvgIpc) is 2.96. The molecule has 0 radical (unpaired) electrons. The molecule has 3 aromatic rings. The first-order valence-corrected chi connectivity index (χ1v) is 10.1. The maximum absolute atomic E-state index is 12.9. The number of aromatic nitrogens is 2. The van der Waals surface area contributed by atoms with Crippen LogP contribution in [0.3, 0.4) is 0 Å². The van der Waals surface area contributed by atoms with Crippen molar-refractivity contribution in [3.8, 4) is 5.69 Å². The molecule has 0 saturated carbocycles. The van der Waals surface area contributed by atoms with Gasteiger partial charge in [0.2, 0.25) is 0 Å². The van der Waals surface area contributed by atoms with E-state index in [1.54, 1.807) is 42.9 Å². The molecule has 0 aliphatic rings. The molecular weight excluding hydrogens is 394 g/mol. The Morgan fingerprint density at radius 2 is 1.65 bits per heavy atom. The van der Waals surface area contributed by atoms with E-state index in [0.717, 1.165) is 11.3 Å². The first kappa shape index (κ1) is 21.9. The van der Waals surface area contributed by atoms with E-state index in [2.05, 4.69) is 16.0 Å². The number of hydrogen-bond acceptors (Lipinski definition) is 3. The molecule has 0 aliphatic carbocycles. The van der Waals surface area contributed by atoms with Crippen molar-refractivity contribution in [2.24, 2.45) is 7.05 Å². The van der Waals surface area contributed by atoms with Gasteiger partial charge < -0.3 is 16.0 Å². The minimum absolute atomic E-state index is 0.0546. The van der Waals surface area contributed by atoms with Crippen molar-refractivity contribution in [3.63, 3.8) is 0 Å². The topological polar surface area (TPSA) is 97.2 Å². The summed E-state index contributed by atoms with van der Waals surface area (Å²) < 4.78 is 3.23. The van der Waals surface area contributed by atoms with E-state index >= 15 is 0 Å². The van der Waals surface area contributed by atoms with Crippen LogP contribution in [-0.4, -0.2) is 27.3 Å². The number of carbonyl (C=O) groups is 2. The minimum atomic E-state index is -0.372. The highest BCUT2D eigenvalue weighted by Crippen LogP contribution is 2.15. The SMILES string of the molecule is Cc1c(NC(=O)c2ccc(CNC(=O)NC(C)C)cc2)c(=O)n(-c2ccccc2)n1C. The molecule has 0 saturated heterocycles. The van der Waals surface area contributed by atoms with E-state index in [4.69, 9.17) is 0 Å². The number of rotatable bonds is 6. The van der Waals surface area contributed by atoms with Gasteiger partial charge >= 0.3 is 6.03 Å². The summed E-state index contributed by atoms with van der Waals surface area (Å²) in [6.45, 7) is 5.90. The lowest BCUT2D eigenvalue weighted by molar-refractivity contribution is 0.102. The molecule has 0 fully saturated rings. The van der Waals surface area contributed by atoms with Crippen molar-refractivity contribution in [2.45, 2.75) is 33.4 Å². The maximum Gasteiger partial charge on any atom is 0.315 e. The number of nitrogens with one attached hydrogen (secondary N) is 3. The quantitative estimate of drug-likeness (QED) is 0.571. The molecule has 0 spiro atoms. The Labute approximate surface area is 180 Å². The monoisotopic (exact) mass is 421 g/mol. The zero-order chi connectivity index (χ0) is 22.5. The van der Waals surface area contributed by atoms with Crippen molar-refractivity contribution >= 4 is 17.6 Å². The lowest BCUT2D eigenvalue weighted by Crippen LogP contribution is -2.39. The van der Waals surface area contributed by atoms with E-state index in [9.17, 15) is 14.4 Å². The second-order valence-electron chi connectivity index (χ2n) is 7.57. The van der Waals surface area contributed by atoms with E-state index in [0.29, 0.717) is 17.8 Å². The number of hydrogen-bond donors (Lipinski definition) is 3. The molecule has 8 heteroatoms. The van der Waals surface area contributed by atoms with E-state index < -0.39 is 0 Å². The maximum atomic E-state index is 12.9. The van der Waals surface area contributed by atoms with Gasteiger partial charge in [0.15, 0.2) is 0 Å². The Morgan fingerprint density at radius 3 is 2.26 bits per heavy atom. The highest BCUT2D eigenvalue weighted by molar-refractivity contribution is 6.04. The fourth-order valence-corrected chi connectivity index (χ4v) is 3.17. The Bertz CT molecular complexity index is 1130. The van der Waals surface area contributed by atoms with Gasteiger partial charge in [-0.1, -0.05) is 30.3 Å². The van der Waals surface area contributed by atoms with Gasteiger partial charge in [-0.25, -0.2) is 9.48 Å². The zero-order valence-electron chi connectivity index (χ0n) is 18.1. The van der Waals surface area contributed by atoms with Crippen molar-refractivity contribution in [2.75, 3.05) is 5.32 Å². The third kappa shape index (κ3) is 5.03. The summed E-state index contributed by atoms with van der Waals surface area (Å²) in [7, 11) is 1.77. The number of carbonyl (C=O) groups excluding carboxylic acids is 2. The van der Waals surface area contributed by atoms with Crippen LogP contribution < -0.4 is 21.5 Å². The molecule has 0 bridgehead atoms. The average molecular weight is 422 g/mol. The van der Waals surface area contributed by atoms with Gasteiger partial charge in [-0.3, -0.25) is 14.3 Å². The fourth-order valence-electron chi connectivity index (χ4n) is 3.17. The van der Waals surface area contributed by atoms with Gasteiger partial charge in [0.05, 0.1) is 11.4 Å². The van der Waals surface area contributed by atoms with Gasteiger partial charge in [0, 0.05) is 25.2 Å². The number of para-hydroxylation sites is 1. The molecule has 8 nitrogen and oxygen atoms in total. The normalized spacial score (nSPS) is 10.7. The number of anilines is 1. The third-order valence-electron chi connectivity index (χ3n) is 4.88. The van der Waals surface area contributed by atoms with Crippen LogP contribution >= 0.6 is 0 Å². The molecule has 0 atom stereocenters. The van der Waals surface area contributed by atoms with Gasteiger partial charge in [0.1, 0.15) is 5.69 Å². The molecule has 3 rings (SSSR count). The van der Waals surface area contributed by atoms with E-state index in [-0.39, 0.29) is 29.2 Å². The Balaban J connectivity index is 1.72. The van der Waals surface area contributed by atoms with E-state index in [1.165, 1.54) is 4.68 Å². The van der Waals surface area contributed by atoms with Crippen molar-refractivity contribution in [1.82, 2.24) is 20.0 Å². The van der Waals surface area contributed by atoms with Gasteiger partial charge in [-0.2, -0.15) is 0 Å². The standard InChI is InChI=1S/C23H27N5O3/c1-15(2)25-23(31)24-14-17-10-12-18(13-11-17)21(29)26-20-16(3)27(4)28(22(20)30)19-8-6-5-7-9-19/h5-13,15H,14H2,1-4H3,(H,26,29)(H2,24,25,31). The second-order valence-corrected chi connectivity index (χ2v) is 7.57. The van der Waals surface area contributed by atoms with Crippen LogP contribution in [0.1, 0.15) is 35.5 Å². The van der Waals surface area contributed by atoms with Crippen molar-refractivity contribution in [3.05, 3.63) is 81.8 Å². The van der Waals surface area contributed by atoms with Crippen LogP contribution in [0.25, 0.3) is 5.69 Å². The smallest absolute Gasteiger partial charge is 0.315 e. The molecule has 1 aromatic heterocycles. The molecule has 162 valence electrons. The fraction of sp³-hybridized carbons (Fsp3) is 0.261.